The summed E-state index contributed by atoms with van der Waals surface area (Å²) in [4.78, 5) is 27.9. The Morgan fingerprint density at radius 1 is 1.00 bits per heavy atom. The van der Waals surface area contributed by atoms with Crippen molar-refractivity contribution in [3.63, 3.8) is 0 Å². The molecule has 0 saturated carbocycles. The van der Waals surface area contributed by atoms with Gasteiger partial charge in [-0.1, -0.05) is 60.8 Å². The molecular weight excluding hydrogens is 541 g/mol. The van der Waals surface area contributed by atoms with Crippen LogP contribution in [0.1, 0.15) is 37.8 Å². The first-order chi connectivity index (χ1) is 18.5. The van der Waals surface area contributed by atoms with Crippen molar-refractivity contribution in [1.29, 1.82) is 0 Å². The number of hydrogen-bond acceptors (Lipinski definition) is 4. The smallest absolute Gasteiger partial charge is 0.264 e. The molecule has 0 unspecified atom stereocenters. The number of anilines is 1. The van der Waals surface area contributed by atoms with E-state index >= 15 is 0 Å². The molecule has 0 spiro atoms. The fraction of sp³-hybridized carbons (Fsp3) is 0.310. The summed E-state index contributed by atoms with van der Waals surface area (Å²) in [5.74, 6) is -1.59. The number of aryl methyl sites for hydroxylation is 1. The first-order valence-electron chi connectivity index (χ1n) is 12.7. The van der Waals surface area contributed by atoms with Crippen LogP contribution in [0, 0.1) is 12.7 Å². The number of nitrogens with one attached hydrogen (secondary N) is 1. The van der Waals surface area contributed by atoms with Crippen molar-refractivity contribution in [2.24, 2.45) is 0 Å². The van der Waals surface area contributed by atoms with Gasteiger partial charge in [0, 0.05) is 23.7 Å². The lowest BCUT2D eigenvalue weighted by Gasteiger charge is -2.32. The molecule has 208 valence electrons. The normalized spacial score (nSPS) is 12.0. The number of benzene rings is 3. The SMILES string of the molecule is CCCCNC(=O)[C@H](C)N(Cc1ccccc1F)C(=O)CN(c1ccc(C)cc1)S(=O)(=O)c1ccc(Cl)cc1. The molecule has 2 amide bonds. The lowest BCUT2D eigenvalue weighted by Crippen LogP contribution is -2.51. The summed E-state index contributed by atoms with van der Waals surface area (Å²) in [6, 6.07) is 17.3. The summed E-state index contributed by atoms with van der Waals surface area (Å²) in [6.45, 7) is 5.02. The van der Waals surface area contributed by atoms with E-state index in [9.17, 15) is 22.4 Å². The molecule has 0 radical (unpaired) electrons. The minimum atomic E-state index is -4.20. The first kappa shape index (κ1) is 30.1. The van der Waals surface area contributed by atoms with Crippen LogP contribution < -0.4 is 9.62 Å². The third-order valence-corrected chi connectivity index (χ3v) is 8.34. The van der Waals surface area contributed by atoms with Gasteiger partial charge in [0.15, 0.2) is 0 Å². The van der Waals surface area contributed by atoms with Gasteiger partial charge in [0.2, 0.25) is 11.8 Å². The fourth-order valence-electron chi connectivity index (χ4n) is 3.90. The number of nitrogens with zero attached hydrogens (tertiary/aromatic N) is 2. The van der Waals surface area contributed by atoms with E-state index in [2.05, 4.69) is 5.32 Å². The van der Waals surface area contributed by atoms with Gasteiger partial charge in [-0.2, -0.15) is 0 Å². The number of unbranched alkanes of at least 4 members (excludes halogenated alkanes) is 1. The summed E-state index contributed by atoms with van der Waals surface area (Å²) in [7, 11) is -4.20. The number of carbonyl (C=O) groups is 2. The quantitative estimate of drug-likeness (QED) is 0.297. The van der Waals surface area contributed by atoms with Crippen molar-refractivity contribution in [3.05, 3.63) is 94.8 Å². The average molecular weight is 574 g/mol. The highest BCUT2D eigenvalue weighted by Gasteiger charge is 2.32. The van der Waals surface area contributed by atoms with E-state index in [1.807, 2.05) is 13.8 Å². The molecular formula is C29H33ClFN3O4S. The highest BCUT2D eigenvalue weighted by atomic mass is 35.5. The van der Waals surface area contributed by atoms with Gasteiger partial charge in [0.05, 0.1) is 10.6 Å². The van der Waals surface area contributed by atoms with Gasteiger partial charge in [-0.3, -0.25) is 13.9 Å². The Morgan fingerprint density at radius 2 is 1.64 bits per heavy atom. The molecule has 3 aromatic carbocycles. The van der Waals surface area contributed by atoms with E-state index in [0.29, 0.717) is 11.6 Å². The molecule has 0 aliphatic rings. The van der Waals surface area contributed by atoms with Crippen molar-refractivity contribution >= 4 is 39.1 Å². The predicted octanol–water partition coefficient (Wildman–Crippen LogP) is 5.32. The van der Waals surface area contributed by atoms with Crippen LogP contribution in [0.4, 0.5) is 10.1 Å². The molecule has 0 heterocycles. The zero-order valence-corrected chi connectivity index (χ0v) is 23.8. The van der Waals surface area contributed by atoms with E-state index in [1.165, 1.54) is 47.4 Å². The van der Waals surface area contributed by atoms with Crippen LogP contribution in [0.2, 0.25) is 5.02 Å². The Balaban J connectivity index is 2.00. The molecule has 0 saturated heterocycles. The number of halogens is 2. The van der Waals surface area contributed by atoms with Gasteiger partial charge in [0.25, 0.3) is 10.0 Å². The molecule has 0 aromatic heterocycles. The van der Waals surface area contributed by atoms with Crippen LogP contribution in [0.25, 0.3) is 0 Å². The van der Waals surface area contributed by atoms with Crippen molar-refractivity contribution in [2.45, 2.75) is 51.1 Å². The standard InChI is InChI=1S/C29H33ClFN3O4S/c1-4-5-18-32-29(36)22(3)33(19-23-8-6-7-9-27(23)31)28(35)20-34(25-14-10-21(2)11-15-25)39(37,38)26-16-12-24(30)13-17-26/h6-17,22H,4-5,18-20H2,1-3H3,(H,32,36)/t22-/m0/s1. The number of rotatable bonds is 12. The summed E-state index contributed by atoms with van der Waals surface area (Å²) in [6.07, 6.45) is 1.64. The minimum Gasteiger partial charge on any atom is -0.354 e. The zero-order chi connectivity index (χ0) is 28.6. The van der Waals surface area contributed by atoms with Gasteiger partial charge in [-0.05, 0) is 62.7 Å². The van der Waals surface area contributed by atoms with Crippen LogP contribution >= 0.6 is 11.6 Å². The molecule has 10 heteroatoms. The molecule has 3 aromatic rings. The Morgan fingerprint density at radius 3 is 2.26 bits per heavy atom. The third-order valence-electron chi connectivity index (χ3n) is 6.30. The molecule has 0 aliphatic carbocycles. The summed E-state index contributed by atoms with van der Waals surface area (Å²) < 4.78 is 43.1. The topological polar surface area (TPSA) is 86.8 Å². The average Bonchev–Trinajstić information content (AvgIpc) is 2.91. The highest BCUT2D eigenvalue weighted by molar-refractivity contribution is 7.92. The van der Waals surface area contributed by atoms with E-state index < -0.39 is 40.2 Å². The van der Waals surface area contributed by atoms with E-state index in [-0.39, 0.29) is 22.7 Å². The number of amides is 2. The Labute approximate surface area is 234 Å². The van der Waals surface area contributed by atoms with Gasteiger partial charge < -0.3 is 10.2 Å². The van der Waals surface area contributed by atoms with Crippen LogP contribution in [0.5, 0.6) is 0 Å². The lowest BCUT2D eigenvalue weighted by atomic mass is 10.1. The van der Waals surface area contributed by atoms with E-state index in [4.69, 9.17) is 11.6 Å². The van der Waals surface area contributed by atoms with Gasteiger partial charge >= 0.3 is 0 Å². The molecule has 3 rings (SSSR count). The van der Waals surface area contributed by atoms with Crippen molar-refractivity contribution in [2.75, 3.05) is 17.4 Å². The summed E-state index contributed by atoms with van der Waals surface area (Å²) >= 11 is 5.96. The zero-order valence-electron chi connectivity index (χ0n) is 22.2. The second-order valence-corrected chi connectivity index (χ2v) is 11.5. The molecule has 1 atom stereocenters. The monoisotopic (exact) mass is 573 g/mol. The minimum absolute atomic E-state index is 0.0497. The predicted molar refractivity (Wildman–Crippen MR) is 151 cm³/mol. The molecule has 1 N–H and O–H groups in total. The second-order valence-electron chi connectivity index (χ2n) is 9.23. The van der Waals surface area contributed by atoms with Crippen molar-refractivity contribution in [3.8, 4) is 0 Å². The van der Waals surface area contributed by atoms with Crippen LogP contribution in [-0.4, -0.2) is 44.3 Å². The van der Waals surface area contributed by atoms with E-state index in [1.54, 1.807) is 37.3 Å². The molecule has 0 aliphatic heterocycles. The Hall–Kier alpha value is -3.43. The molecule has 7 nitrogen and oxygen atoms in total. The second kappa shape index (κ2) is 13.6. The lowest BCUT2D eigenvalue weighted by molar-refractivity contribution is -0.139. The van der Waals surface area contributed by atoms with Crippen molar-refractivity contribution in [1.82, 2.24) is 10.2 Å². The van der Waals surface area contributed by atoms with Gasteiger partial charge in [-0.25, -0.2) is 12.8 Å². The maximum Gasteiger partial charge on any atom is 0.264 e. The van der Waals surface area contributed by atoms with Crippen molar-refractivity contribution < 1.29 is 22.4 Å². The van der Waals surface area contributed by atoms with Gasteiger partial charge in [-0.15, -0.1) is 0 Å². The van der Waals surface area contributed by atoms with Crippen LogP contribution in [0.15, 0.2) is 77.7 Å². The maximum absolute atomic E-state index is 14.6. The molecule has 0 bridgehead atoms. The number of sulfonamides is 1. The van der Waals surface area contributed by atoms with E-state index in [0.717, 1.165) is 22.7 Å². The first-order valence-corrected chi connectivity index (χ1v) is 14.5. The Kier molecular flexibility index (Phi) is 10.5. The number of carbonyl (C=O) groups excluding carboxylic acids is 2. The highest BCUT2D eigenvalue weighted by Crippen LogP contribution is 2.26. The fourth-order valence-corrected chi connectivity index (χ4v) is 5.44. The largest absolute Gasteiger partial charge is 0.354 e. The molecule has 0 fully saturated rings. The summed E-state index contributed by atoms with van der Waals surface area (Å²) in [5, 5.41) is 3.17. The molecule has 39 heavy (non-hydrogen) atoms. The van der Waals surface area contributed by atoms with Crippen LogP contribution in [0.3, 0.4) is 0 Å². The number of hydrogen-bond donors (Lipinski definition) is 1. The maximum atomic E-state index is 14.6. The summed E-state index contributed by atoms with van der Waals surface area (Å²) in [5.41, 5.74) is 1.39. The third kappa shape index (κ3) is 7.80. The van der Waals surface area contributed by atoms with Crippen LogP contribution in [-0.2, 0) is 26.2 Å². The Bertz CT molecular complexity index is 1380. The van der Waals surface area contributed by atoms with Gasteiger partial charge in [0.1, 0.15) is 18.4 Å².